The molecular weight excluding hydrogens is 310 g/mol. The molecule has 116 valence electrons. The molecule has 0 aliphatic carbocycles. The summed E-state index contributed by atoms with van der Waals surface area (Å²) >= 11 is 0. The molecule has 1 heterocycles. The van der Waals surface area contributed by atoms with E-state index in [4.69, 9.17) is 5.73 Å². The molecule has 6 nitrogen and oxygen atoms in total. The second kappa shape index (κ2) is 6.17. The number of anilines is 1. The topological polar surface area (TPSA) is 105 Å². The molecule has 1 aromatic carbocycles. The maximum atomic E-state index is 12.3. The third kappa shape index (κ3) is 3.63. The van der Waals surface area contributed by atoms with E-state index in [1.165, 1.54) is 6.20 Å². The lowest BCUT2D eigenvalue weighted by molar-refractivity contribution is 0.579. The van der Waals surface area contributed by atoms with Crippen LogP contribution in [-0.4, -0.2) is 35.7 Å². The highest BCUT2D eigenvalue weighted by molar-refractivity contribution is 7.89. The molecule has 8 heteroatoms. The van der Waals surface area contributed by atoms with Crippen molar-refractivity contribution in [2.24, 2.45) is 0 Å². The lowest BCUT2D eigenvalue weighted by atomic mass is 10.2. The smallest absolute Gasteiger partial charge is 0.242 e. The zero-order valence-corrected chi connectivity index (χ0v) is 13.6. The molecule has 1 aromatic heterocycles. The Morgan fingerprint density at radius 3 is 2.81 bits per heavy atom. The zero-order valence-electron chi connectivity index (χ0n) is 11.9. The Hall–Kier alpha value is -1.38. The van der Waals surface area contributed by atoms with E-state index >= 15 is 0 Å². The second-order valence-electron chi connectivity index (χ2n) is 4.95. The van der Waals surface area contributed by atoms with Crippen molar-refractivity contribution in [3.63, 3.8) is 0 Å². The van der Waals surface area contributed by atoms with E-state index in [9.17, 15) is 12.6 Å². The zero-order chi connectivity index (χ0) is 15.6. The Bertz CT molecular complexity index is 768. The van der Waals surface area contributed by atoms with Gasteiger partial charge in [0.05, 0.1) is 0 Å². The molecule has 2 atom stereocenters. The highest BCUT2D eigenvalue weighted by Gasteiger charge is 2.19. The molecule has 2 aromatic rings. The normalized spacial score (nSPS) is 15.1. The third-order valence-corrected chi connectivity index (χ3v) is 6.24. The summed E-state index contributed by atoms with van der Waals surface area (Å²) in [6.07, 6.45) is 3.59. The number of nitrogens with two attached hydrogens (primary N) is 1. The van der Waals surface area contributed by atoms with Gasteiger partial charge in [0.1, 0.15) is 4.90 Å². The van der Waals surface area contributed by atoms with Crippen molar-refractivity contribution in [3.8, 4) is 0 Å². The lowest BCUT2D eigenvalue weighted by Crippen LogP contribution is -2.27. The maximum absolute atomic E-state index is 12.3. The Morgan fingerprint density at radius 1 is 1.43 bits per heavy atom. The van der Waals surface area contributed by atoms with Crippen molar-refractivity contribution in [1.29, 1.82) is 0 Å². The van der Waals surface area contributed by atoms with Crippen LogP contribution in [0, 0.1) is 0 Å². The van der Waals surface area contributed by atoms with Crippen LogP contribution in [0.25, 0.3) is 10.9 Å². The van der Waals surface area contributed by atoms with Gasteiger partial charge in [-0.05, 0) is 24.6 Å². The van der Waals surface area contributed by atoms with E-state index in [1.807, 2.05) is 6.92 Å². The van der Waals surface area contributed by atoms with Crippen molar-refractivity contribution in [2.75, 3.05) is 18.5 Å². The van der Waals surface area contributed by atoms with E-state index < -0.39 is 20.8 Å². The average Bonchev–Trinajstić information content (AvgIpc) is 2.81. The monoisotopic (exact) mass is 329 g/mol. The molecule has 0 amide bonds. The minimum Gasteiger partial charge on any atom is -0.399 e. The number of nitrogen functional groups attached to an aromatic ring is 1. The lowest BCUT2D eigenvalue weighted by Gasteiger charge is -2.09. The predicted molar refractivity (Wildman–Crippen MR) is 86.0 cm³/mol. The standard InChI is InChI=1S/C13H19N3O3S2/c1-9(20(2)17)5-6-16-21(18,19)13-8-15-12-4-3-10(14)7-11(12)13/h3-4,7-9,15-16H,5-6,14H2,1-2H3. The van der Waals surface area contributed by atoms with Crippen LogP contribution in [0.15, 0.2) is 29.3 Å². The molecule has 4 N–H and O–H groups in total. The van der Waals surface area contributed by atoms with Gasteiger partial charge in [0.25, 0.3) is 0 Å². The molecule has 0 aliphatic rings. The van der Waals surface area contributed by atoms with Crippen LogP contribution in [0.2, 0.25) is 0 Å². The molecule has 0 saturated carbocycles. The van der Waals surface area contributed by atoms with Gasteiger partial charge in [-0.2, -0.15) is 0 Å². The minimum absolute atomic E-state index is 0.0497. The average molecular weight is 329 g/mol. The fraction of sp³-hybridized carbons (Fsp3) is 0.385. The quantitative estimate of drug-likeness (QED) is 0.692. The third-order valence-electron chi connectivity index (χ3n) is 3.37. The summed E-state index contributed by atoms with van der Waals surface area (Å²) in [5.41, 5.74) is 6.93. The Morgan fingerprint density at radius 2 is 2.14 bits per heavy atom. The van der Waals surface area contributed by atoms with Gasteiger partial charge in [0, 0.05) is 51.6 Å². The first-order valence-corrected chi connectivity index (χ1v) is 9.60. The highest BCUT2D eigenvalue weighted by Crippen LogP contribution is 2.24. The first-order chi connectivity index (χ1) is 9.81. The number of nitrogens with one attached hydrogen (secondary N) is 2. The number of rotatable bonds is 6. The second-order valence-corrected chi connectivity index (χ2v) is 8.49. The largest absolute Gasteiger partial charge is 0.399 e. The highest BCUT2D eigenvalue weighted by atomic mass is 32.2. The maximum Gasteiger partial charge on any atom is 0.242 e. The summed E-state index contributed by atoms with van der Waals surface area (Å²) in [6, 6.07) is 5.08. The predicted octanol–water partition coefficient (Wildman–Crippen LogP) is 1.19. The number of H-pyrrole nitrogens is 1. The first-order valence-electron chi connectivity index (χ1n) is 6.50. The molecule has 0 fully saturated rings. The Kier molecular flexibility index (Phi) is 4.70. The Balaban J connectivity index is 2.18. The SMILES string of the molecule is CC(CCNS(=O)(=O)c1c[nH]c2ccc(N)cc12)S(C)=O. The van der Waals surface area contributed by atoms with Gasteiger partial charge in [0.2, 0.25) is 10.0 Å². The molecule has 0 bridgehead atoms. The number of aromatic amines is 1. The van der Waals surface area contributed by atoms with E-state index in [2.05, 4.69) is 9.71 Å². The van der Waals surface area contributed by atoms with Gasteiger partial charge in [-0.25, -0.2) is 13.1 Å². The molecule has 0 saturated heterocycles. The van der Waals surface area contributed by atoms with Crippen molar-refractivity contribution in [1.82, 2.24) is 9.71 Å². The van der Waals surface area contributed by atoms with Gasteiger partial charge in [-0.15, -0.1) is 0 Å². The van der Waals surface area contributed by atoms with Gasteiger partial charge in [-0.1, -0.05) is 6.92 Å². The van der Waals surface area contributed by atoms with Gasteiger partial charge in [0.15, 0.2) is 0 Å². The number of aromatic nitrogens is 1. The van der Waals surface area contributed by atoms with E-state index in [-0.39, 0.29) is 16.7 Å². The van der Waals surface area contributed by atoms with Crippen molar-refractivity contribution >= 4 is 37.4 Å². The van der Waals surface area contributed by atoms with Crippen molar-refractivity contribution in [3.05, 3.63) is 24.4 Å². The number of hydrogen-bond acceptors (Lipinski definition) is 4. The molecule has 0 radical (unpaired) electrons. The van der Waals surface area contributed by atoms with Crippen molar-refractivity contribution in [2.45, 2.75) is 23.5 Å². The summed E-state index contributed by atoms with van der Waals surface area (Å²) in [6.45, 7) is 2.08. The molecule has 21 heavy (non-hydrogen) atoms. The summed E-state index contributed by atoms with van der Waals surface area (Å²) in [5, 5.41) is 0.515. The fourth-order valence-corrected chi connectivity index (χ4v) is 3.64. The van der Waals surface area contributed by atoms with Crippen LogP contribution < -0.4 is 10.5 Å². The molecule has 0 spiro atoms. The minimum atomic E-state index is -3.62. The van der Waals surface area contributed by atoms with E-state index in [0.717, 1.165) is 0 Å². The number of hydrogen-bond donors (Lipinski definition) is 3. The van der Waals surface area contributed by atoms with Crippen LogP contribution in [0.1, 0.15) is 13.3 Å². The summed E-state index contributed by atoms with van der Waals surface area (Å²) in [5.74, 6) is 0. The van der Waals surface area contributed by atoms with Gasteiger partial charge >= 0.3 is 0 Å². The van der Waals surface area contributed by atoms with Crippen LogP contribution in [0.5, 0.6) is 0 Å². The first kappa shape index (κ1) is 16.0. The summed E-state index contributed by atoms with van der Waals surface area (Å²) in [7, 11) is -4.58. The van der Waals surface area contributed by atoms with E-state index in [1.54, 1.807) is 24.5 Å². The van der Waals surface area contributed by atoms with Crippen LogP contribution >= 0.6 is 0 Å². The van der Waals surface area contributed by atoms with Crippen LogP contribution in [-0.2, 0) is 20.8 Å². The van der Waals surface area contributed by atoms with Crippen LogP contribution in [0.3, 0.4) is 0 Å². The molecule has 0 aliphatic heterocycles. The van der Waals surface area contributed by atoms with Crippen molar-refractivity contribution < 1.29 is 12.6 Å². The summed E-state index contributed by atoms with van der Waals surface area (Å²) < 4.78 is 38.4. The number of sulfonamides is 1. The fourth-order valence-electron chi connectivity index (χ4n) is 1.98. The van der Waals surface area contributed by atoms with Gasteiger partial charge < -0.3 is 10.7 Å². The summed E-state index contributed by atoms with van der Waals surface area (Å²) in [4.78, 5) is 3.09. The molecule has 2 rings (SSSR count). The number of benzene rings is 1. The van der Waals surface area contributed by atoms with Crippen LogP contribution in [0.4, 0.5) is 5.69 Å². The Labute approximate surface area is 126 Å². The van der Waals surface area contributed by atoms with Gasteiger partial charge in [-0.3, -0.25) is 4.21 Å². The number of fused-ring (bicyclic) bond motifs is 1. The van der Waals surface area contributed by atoms with E-state index in [0.29, 0.717) is 23.0 Å². The molecular formula is C13H19N3O3S2. The molecule has 2 unspecified atom stereocenters.